The fraction of sp³-hybridized carbons (Fsp3) is 0.647. The molecule has 1 aromatic carbocycles. The van der Waals surface area contributed by atoms with Gasteiger partial charge in [-0.3, -0.25) is 9.80 Å². The predicted octanol–water partition coefficient (Wildman–Crippen LogP) is 2.06. The van der Waals surface area contributed by atoms with E-state index in [2.05, 4.69) is 48.8 Å². The van der Waals surface area contributed by atoms with Crippen LogP contribution < -0.4 is 0 Å². The van der Waals surface area contributed by atoms with E-state index in [0.29, 0.717) is 0 Å². The van der Waals surface area contributed by atoms with E-state index in [1.165, 1.54) is 5.56 Å². The number of aliphatic hydroxyl groups excluding tert-OH is 1. The maximum atomic E-state index is 10.6. The first kappa shape index (κ1) is 14.1. The van der Waals surface area contributed by atoms with Crippen molar-refractivity contribution in [3.8, 4) is 0 Å². The molecule has 0 bridgehead atoms. The quantitative estimate of drug-likeness (QED) is 0.849. The maximum absolute atomic E-state index is 10.6. The highest BCUT2D eigenvalue weighted by atomic mass is 16.3. The SMILES string of the molecule is CC(C)(C)N1CCN(C2Cc3ccccc3C2O)CC1. The second-order valence-electron chi connectivity index (χ2n) is 7.11. The molecule has 0 aromatic heterocycles. The van der Waals surface area contributed by atoms with Gasteiger partial charge in [0.15, 0.2) is 0 Å². The number of aliphatic hydroxyl groups is 1. The Bertz CT molecular complexity index is 472. The monoisotopic (exact) mass is 274 g/mol. The number of nitrogens with zero attached hydrogens (tertiary/aromatic N) is 2. The van der Waals surface area contributed by atoms with Crippen LogP contribution in [0.4, 0.5) is 0 Å². The third-order valence-corrected chi connectivity index (χ3v) is 4.90. The molecule has 3 heteroatoms. The summed E-state index contributed by atoms with van der Waals surface area (Å²) in [7, 11) is 0. The van der Waals surface area contributed by atoms with E-state index in [9.17, 15) is 5.11 Å². The summed E-state index contributed by atoms with van der Waals surface area (Å²) >= 11 is 0. The zero-order chi connectivity index (χ0) is 14.3. The second-order valence-corrected chi connectivity index (χ2v) is 7.11. The van der Waals surface area contributed by atoms with Crippen LogP contribution in [0.1, 0.15) is 38.0 Å². The van der Waals surface area contributed by atoms with Crippen LogP contribution in [-0.4, -0.2) is 52.7 Å². The van der Waals surface area contributed by atoms with Crippen LogP contribution in [0.5, 0.6) is 0 Å². The highest BCUT2D eigenvalue weighted by Gasteiger charge is 2.37. The Morgan fingerprint density at radius 1 is 1.05 bits per heavy atom. The molecule has 0 radical (unpaired) electrons. The zero-order valence-corrected chi connectivity index (χ0v) is 12.8. The van der Waals surface area contributed by atoms with Crippen molar-refractivity contribution in [1.29, 1.82) is 0 Å². The zero-order valence-electron chi connectivity index (χ0n) is 12.8. The molecular weight excluding hydrogens is 248 g/mol. The van der Waals surface area contributed by atoms with E-state index in [-0.39, 0.29) is 17.7 Å². The maximum Gasteiger partial charge on any atom is 0.0951 e. The highest BCUT2D eigenvalue weighted by molar-refractivity contribution is 5.35. The summed E-state index contributed by atoms with van der Waals surface area (Å²) in [4.78, 5) is 5.02. The lowest BCUT2D eigenvalue weighted by Gasteiger charge is -2.44. The van der Waals surface area contributed by atoms with Gasteiger partial charge >= 0.3 is 0 Å². The topological polar surface area (TPSA) is 26.7 Å². The second kappa shape index (κ2) is 5.14. The molecule has 0 spiro atoms. The summed E-state index contributed by atoms with van der Waals surface area (Å²) in [6, 6.07) is 8.61. The first-order valence-electron chi connectivity index (χ1n) is 7.72. The van der Waals surface area contributed by atoms with Crippen LogP contribution in [0.2, 0.25) is 0 Å². The highest BCUT2D eigenvalue weighted by Crippen LogP contribution is 2.34. The number of fused-ring (bicyclic) bond motifs is 1. The molecule has 20 heavy (non-hydrogen) atoms. The molecule has 3 rings (SSSR count). The van der Waals surface area contributed by atoms with Gasteiger partial charge in [-0.15, -0.1) is 0 Å². The summed E-state index contributed by atoms with van der Waals surface area (Å²) < 4.78 is 0. The summed E-state index contributed by atoms with van der Waals surface area (Å²) in [6.45, 7) is 11.2. The normalized spacial score (nSPS) is 28.6. The number of benzene rings is 1. The van der Waals surface area contributed by atoms with E-state index in [1.54, 1.807) is 0 Å². The average molecular weight is 274 g/mol. The van der Waals surface area contributed by atoms with Gasteiger partial charge in [-0.05, 0) is 38.3 Å². The minimum Gasteiger partial charge on any atom is -0.387 e. The molecule has 2 aliphatic rings. The Morgan fingerprint density at radius 3 is 2.30 bits per heavy atom. The Hall–Kier alpha value is -0.900. The predicted molar refractivity (Wildman–Crippen MR) is 81.8 cm³/mol. The molecule has 0 saturated carbocycles. The largest absolute Gasteiger partial charge is 0.387 e. The summed E-state index contributed by atoms with van der Waals surface area (Å²) in [5.74, 6) is 0. The van der Waals surface area contributed by atoms with Crippen molar-refractivity contribution in [3.63, 3.8) is 0 Å². The van der Waals surface area contributed by atoms with Gasteiger partial charge in [0, 0.05) is 37.8 Å². The van der Waals surface area contributed by atoms with E-state index < -0.39 is 0 Å². The number of hydrogen-bond acceptors (Lipinski definition) is 3. The van der Waals surface area contributed by atoms with Gasteiger partial charge in [0.1, 0.15) is 0 Å². The molecule has 1 aliphatic carbocycles. The van der Waals surface area contributed by atoms with Gasteiger partial charge in [-0.2, -0.15) is 0 Å². The Kier molecular flexibility index (Phi) is 3.61. The third kappa shape index (κ3) is 2.50. The number of piperazine rings is 1. The fourth-order valence-electron chi connectivity index (χ4n) is 3.61. The first-order chi connectivity index (χ1) is 9.47. The van der Waals surface area contributed by atoms with Crippen LogP contribution in [0.15, 0.2) is 24.3 Å². The van der Waals surface area contributed by atoms with Gasteiger partial charge in [-0.1, -0.05) is 24.3 Å². The van der Waals surface area contributed by atoms with Crippen molar-refractivity contribution in [2.75, 3.05) is 26.2 Å². The van der Waals surface area contributed by atoms with Crippen molar-refractivity contribution in [1.82, 2.24) is 9.80 Å². The average Bonchev–Trinajstić information content (AvgIpc) is 2.76. The van der Waals surface area contributed by atoms with Crippen LogP contribution in [0.25, 0.3) is 0 Å². The number of hydrogen-bond donors (Lipinski definition) is 1. The summed E-state index contributed by atoms with van der Waals surface area (Å²) in [5.41, 5.74) is 2.71. The molecular formula is C17H26N2O. The van der Waals surface area contributed by atoms with E-state index in [1.807, 2.05) is 6.07 Å². The Morgan fingerprint density at radius 2 is 1.70 bits per heavy atom. The molecule has 3 nitrogen and oxygen atoms in total. The van der Waals surface area contributed by atoms with Gasteiger partial charge < -0.3 is 5.11 Å². The van der Waals surface area contributed by atoms with Gasteiger partial charge in [0.25, 0.3) is 0 Å². The van der Waals surface area contributed by atoms with E-state index >= 15 is 0 Å². The molecule has 1 fully saturated rings. The lowest BCUT2D eigenvalue weighted by atomic mass is 10.0. The van der Waals surface area contributed by atoms with E-state index in [4.69, 9.17) is 0 Å². The molecule has 1 saturated heterocycles. The van der Waals surface area contributed by atoms with Gasteiger partial charge in [0.2, 0.25) is 0 Å². The van der Waals surface area contributed by atoms with Crippen molar-refractivity contribution < 1.29 is 5.11 Å². The van der Waals surface area contributed by atoms with Crippen LogP contribution in [-0.2, 0) is 6.42 Å². The minimum absolute atomic E-state index is 0.253. The third-order valence-electron chi connectivity index (χ3n) is 4.90. The molecule has 2 unspecified atom stereocenters. The molecule has 0 amide bonds. The van der Waals surface area contributed by atoms with Crippen molar-refractivity contribution in [2.45, 2.75) is 44.9 Å². The molecule has 1 aliphatic heterocycles. The van der Waals surface area contributed by atoms with Gasteiger partial charge in [-0.25, -0.2) is 0 Å². The molecule has 110 valence electrons. The first-order valence-corrected chi connectivity index (χ1v) is 7.72. The van der Waals surface area contributed by atoms with Crippen molar-refractivity contribution >= 4 is 0 Å². The lowest BCUT2D eigenvalue weighted by molar-refractivity contribution is 0.00372. The minimum atomic E-state index is -0.313. The molecule has 2 atom stereocenters. The molecule has 1 N–H and O–H groups in total. The summed E-state index contributed by atoms with van der Waals surface area (Å²) in [6.07, 6.45) is 0.680. The molecule has 1 heterocycles. The summed E-state index contributed by atoms with van der Waals surface area (Å²) in [5, 5.41) is 10.6. The van der Waals surface area contributed by atoms with E-state index in [0.717, 1.165) is 38.2 Å². The van der Waals surface area contributed by atoms with Crippen molar-refractivity contribution in [2.24, 2.45) is 0 Å². The van der Waals surface area contributed by atoms with Crippen LogP contribution in [0, 0.1) is 0 Å². The molecule has 1 aromatic rings. The van der Waals surface area contributed by atoms with Crippen molar-refractivity contribution in [3.05, 3.63) is 35.4 Å². The Balaban J connectivity index is 1.66. The lowest BCUT2D eigenvalue weighted by Crippen LogP contribution is -2.56. The number of rotatable bonds is 1. The van der Waals surface area contributed by atoms with Gasteiger partial charge in [0.05, 0.1) is 6.10 Å². The smallest absolute Gasteiger partial charge is 0.0951 e. The Labute approximate surface area is 122 Å². The van der Waals surface area contributed by atoms with Crippen LogP contribution in [0.3, 0.4) is 0 Å². The standard InChI is InChI=1S/C17H26N2O/c1-17(2,3)19-10-8-18(9-11-19)15-12-13-6-4-5-7-14(13)16(15)20/h4-7,15-16,20H,8-12H2,1-3H3. The van der Waals surface area contributed by atoms with Crippen LogP contribution >= 0.6 is 0 Å². The fourth-order valence-corrected chi connectivity index (χ4v) is 3.61.